The molecule has 3 aromatic carbocycles. The van der Waals surface area contributed by atoms with E-state index in [1.165, 1.54) is 21.5 Å². The zero-order valence-electron chi connectivity index (χ0n) is 16.3. The van der Waals surface area contributed by atoms with Gasteiger partial charge in [0.05, 0.1) is 11.0 Å². The molecule has 0 spiro atoms. The Hall–Kier alpha value is -3.02. The highest BCUT2D eigenvalue weighted by Crippen LogP contribution is 2.40. The maximum absolute atomic E-state index is 4.86. The van der Waals surface area contributed by atoms with E-state index in [9.17, 15) is 0 Å². The minimum atomic E-state index is 0.891. The van der Waals surface area contributed by atoms with E-state index in [4.69, 9.17) is 4.98 Å². The van der Waals surface area contributed by atoms with Crippen molar-refractivity contribution in [1.82, 2.24) is 14.5 Å². The number of benzene rings is 3. The van der Waals surface area contributed by atoms with Crippen molar-refractivity contribution in [3.05, 3.63) is 100 Å². The molecule has 3 heterocycles. The maximum atomic E-state index is 4.86. The lowest BCUT2D eigenvalue weighted by molar-refractivity contribution is 1.08. The second-order valence-electron chi connectivity index (χ2n) is 7.44. The predicted molar refractivity (Wildman–Crippen MR) is 135 cm³/mol. The fourth-order valence-electron chi connectivity index (χ4n) is 4.26. The molecule has 0 radical (unpaired) electrons. The first-order chi connectivity index (χ1) is 15.2. The van der Waals surface area contributed by atoms with Crippen molar-refractivity contribution in [2.45, 2.75) is 0 Å². The van der Waals surface area contributed by atoms with E-state index in [1.807, 2.05) is 24.5 Å². The lowest BCUT2D eigenvalue weighted by Gasteiger charge is -2.10. The fraction of sp³-hybridized carbons (Fsp3) is 0. The van der Waals surface area contributed by atoms with Crippen molar-refractivity contribution in [2.24, 2.45) is 0 Å². The summed E-state index contributed by atoms with van der Waals surface area (Å²) in [4.78, 5) is 9.09. The van der Waals surface area contributed by atoms with Gasteiger partial charge in [-0.15, -0.1) is 0 Å². The van der Waals surface area contributed by atoms with Crippen LogP contribution in [0.2, 0.25) is 0 Å². The lowest BCUT2D eigenvalue weighted by atomic mass is 10.1. The minimum absolute atomic E-state index is 0.891. The molecule has 6 aromatic rings. The number of hydrogen-bond acceptors (Lipinski definition) is 2. The van der Waals surface area contributed by atoms with Crippen LogP contribution in [0.3, 0.4) is 0 Å². The van der Waals surface area contributed by atoms with Crippen LogP contribution < -0.4 is 0 Å². The fourth-order valence-corrected chi connectivity index (χ4v) is 5.20. The van der Waals surface area contributed by atoms with Gasteiger partial charge in [-0.05, 0) is 47.9 Å². The van der Waals surface area contributed by atoms with Crippen LogP contribution in [0, 0.1) is 0 Å². The topological polar surface area (TPSA) is 30.7 Å². The van der Waals surface area contributed by atoms with E-state index in [2.05, 4.69) is 102 Å². The molecule has 31 heavy (non-hydrogen) atoms. The standard InChI is InChI=1S/C26H15Br2N3/c27-18-8-9-24-21(12-18)22-13-23(28)19-5-1-2-6-20(19)26(22)31(24)25-10-7-17(15-30-25)16-4-3-11-29-14-16/h1-15H. The smallest absolute Gasteiger partial charge is 0.137 e. The number of nitrogens with zero attached hydrogens (tertiary/aromatic N) is 3. The van der Waals surface area contributed by atoms with Crippen LogP contribution >= 0.6 is 31.9 Å². The molecule has 0 aliphatic carbocycles. The molecule has 0 saturated heterocycles. The molecule has 0 aliphatic rings. The zero-order valence-corrected chi connectivity index (χ0v) is 19.4. The highest BCUT2D eigenvalue weighted by molar-refractivity contribution is 9.11. The summed E-state index contributed by atoms with van der Waals surface area (Å²) in [5.41, 5.74) is 4.40. The molecule has 0 aliphatic heterocycles. The molecular weight excluding hydrogens is 514 g/mol. The third-order valence-corrected chi connectivity index (χ3v) is 6.80. The molecular formula is C26H15Br2N3. The molecule has 148 valence electrons. The number of hydrogen-bond donors (Lipinski definition) is 0. The first-order valence-electron chi connectivity index (χ1n) is 9.88. The van der Waals surface area contributed by atoms with Gasteiger partial charge in [0.1, 0.15) is 5.82 Å². The van der Waals surface area contributed by atoms with Crippen LogP contribution in [0.1, 0.15) is 0 Å². The number of aromatic nitrogens is 3. The van der Waals surface area contributed by atoms with Crippen LogP contribution in [0.5, 0.6) is 0 Å². The zero-order chi connectivity index (χ0) is 20.9. The van der Waals surface area contributed by atoms with E-state index < -0.39 is 0 Å². The third-order valence-electron chi connectivity index (χ3n) is 5.65. The third kappa shape index (κ3) is 2.99. The molecule has 5 heteroatoms. The van der Waals surface area contributed by atoms with Crippen LogP contribution in [-0.2, 0) is 0 Å². The molecule has 0 amide bonds. The SMILES string of the molecule is Brc1ccc2c(c1)c1cc(Br)c3ccccc3c1n2-c1ccc(-c2cccnc2)cn1. The molecule has 6 rings (SSSR count). The number of rotatable bonds is 2. The monoisotopic (exact) mass is 527 g/mol. The number of pyridine rings is 2. The Morgan fingerprint density at radius 3 is 2.29 bits per heavy atom. The average Bonchev–Trinajstić information content (AvgIpc) is 3.13. The van der Waals surface area contributed by atoms with Crippen molar-refractivity contribution in [2.75, 3.05) is 0 Å². The van der Waals surface area contributed by atoms with Gasteiger partial charge < -0.3 is 0 Å². The summed E-state index contributed by atoms with van der Waals surface area (Å²) in [7, 11) is 0. The Labute approximate surface area is 195 Å². The van der Waals surface area contributed by atoms with Crippen LogP contribution in [0.25, 0.3) is 49.5 Å². The molecule has 0 fully saturated rings. The van der Waals surface area contributed by atoms with Crippen LogP contribution in [-0.4, -0.2) is 14.5 Å². The number of halogens is 2. The Balaban J connectivity index is 1.70. The van der Waals surface area contributed by atoms with E-state index in [1.54, 1.807) is 6.20 Å². The Bertz CT molecular complexity index is 1590. The van der Waals surface area contributed by atoms with E-state index in [-0.39, 0.29) is 0 Å². The predicted octanol–water partition coefficient (Wildman–Crippen LogP) is 7.92. The lowest BCUT2D eigenvalue weighted by Crippen LogP contribution is -1.98. The van der Waals surface area contributed by atoms with E-state index >= 15 is 0 Å². The molecule has 0 saturated carbocycles. The van der Waals surface area contributed by atoms with Gasteiger partial charge in [0.2, 0.25) is 0 Å². The van der Waals surface area contributed by atoms with Crippen LogP contribution in [0.4, 0.5) is 0 Å². The van der Waals surface area contributed by atoms with E-state index in [0.29, 0.717) is 0 Å². The molecule has 0 atom stereocenters. The maximum Gasteiger partial charge on any atom is 0.137 e. The van der Waals surface area contributed by atoms with Gasteiger partial charge in [0.15, 0.2) is 0 Å². The molecule has 0 bridgehead atoms. The highest BCUT2D eigenvalue weighted by Gasteiger charge is 2.17. The highest BCUT2D eigenvalue weighted by atomic mass is 79.9. The summed E-state index contributed by atoms with van der Waals surface area (Å²) in [6, 6.07) is 25.3. The van der Waals surface area contributed by atoms with Gasteiger partial charge in [-0.25, -0.2) is 4.98 Å². The second-order valence-corrected chi connectivity index (χ2v) is 9.21. The second kappa shape index (κ2) is 7.29. The van der Waals surface area contributed by atoms with E-state index in [0.717, 1.165) is 36.9 Å². The quantitative estimate of drug-likeness (QED) is 0.228. The van der Waals surface area contributed by atoms with Crippen LogP contribution in [0.15, 0.2) is 100 Å². The van der Waals surface area contributed by atoms with Crippen molar-refractivity contribution >= 4 is 64.4 Å². The summed E-state index contributed by atoms with van der Waals surface area (Å²) < 4.78 is 4.41. The molecule has 0 unspecified atom stereocenters. The normalized spacial score (nSPS) is 11.5. The van der Waals surface area contributed by atoms with Gasteiger partial charge >= 0.3 is 0 Å². The van der Waals surface area contributed by atoms with Gasteiger partial charge in [0.25, 0.3) is 0 Å². The minimum Gasteiger partial charge on any atom is -0.293 e. The summed E-state index contributed by atoms with van der Waals surface area (Å²) >= 11 is 7.43. The molecule has 3 nitrogen and oxygen atoms in total. The van der Waals surface area contributed by atoms with Crippen molar-refractivity contribution in [3.8, 4) is 16.9 Å². The summed E-state index contributed by atoms with van der Waals surface area (Å²) in [5.74, 6) is 0.891. The van der Waals surface area contributed by atoms with Gasteiger partial charge in [-0.3, -0.25) is 9.55 Å². The summed E-state index contributed by atoms with van der Waals surface area (Å²) in [6.45, 7) is 0. The molecule has 0 N–H and O–H groups in total. The van der Waals surface area contributed by atoms with Crippen molar-refractivity contribution in [3.63, 3.8) is 0 Å². The Morgan fingerprint density at radius 1 is 0.677 bits per heavy atom. The summed E-state index contributed by atoms with van der Waals surface area (Å²) in [6.07, 6.45) is 5.56. The van der Waals surface area contributed by atoms with Gasteiger partial charge in [0, 0.05) is 54.8 Å². The average molecular weight is 529 g/mol. The Kier molecular flexibility index (Phi) is 4.40. The first-order valence-corrected chi connectivity index (χ1v) is 11.5. The van der Waals surface area contributed by atoms with Gasteiger partial charge in [-0.2, -0.15) is 0 Å². The largest absolute Gasteiger partial charge is 0.293 e. The van der Waals surface area contributed by atoms with Crippen molar-refractivity contribution in [1.29, 1.82) is 0 Å². The van der Waals surface area contributed by atoms with Crippen molar-refractivity contribution < 1.29 is 0 Å². The van der Waals surface area contributed by atoms with Gasteiger partial charge in [-0.1, -0.05) is 62.2 Å². The summed E-state index contributed by atoms with van der Waals surface area (Å²) in [5, 5.41) is 4.76. The molecule has 3 aromatic heterocycles. The first kappa shape index (κ1) is 18.7. The number of fused-ring (bicyclic) bond motifs is 5. The Morgan fingerprint density at radius 2 is 1.52 bits per heavy atom.